The van der Waals surface area contributed by atoms with Gasteiger partial charge in [-0.3, -0.25) is 9.69 Å². The van der Waals surface area contributed by atoms with E-state index < -0.39 is 11.9 Å². The third-order valence-electron chi connectivity index (χ3n) is 5.08. The molecule has 1 aliphatic rings. The lowest BCUT2D eigenvalue weighted by molar-refractivity contribution is -0.141. The van der Waals surface area contributed by atoms with Crippen molar-refractivity contribution in [1.29, 1.82) is 0 Å². The molecule has 26 heavy (non-hydrogen) atoms. The molecule has 3 N–H and O–H groups in total. The number of carboxylic acid groups (broad SMARTS) is 1. The lowest BCUT2D eigenvalue weighted by Crippen LogP contribution is -2.23. The van der Waals surface area contributed by atoms with E-state index in [0.29, 0.717) is 19.6 Å². The lowest BCUT2D eigenvalue weighted by Gasteiger charge is -2.18. The Morgan fingerprint density at radius 2 is 1.96 bits per heavy atom. The van der Waals surface area contributed by atoms with E-state index in [4.69, 9.17) is 10.5 Å². The van der Waals surface area contributed by atoms with Gasteiger partial charge >= 0.3 is 5.97 Å². The Bertz CT molecular complexity index is 762. The largest absolute Gasteiger partial charge is 0.496 e. The van der Waals surface area contributed by atoms with Crippen molar-refractivity contribution in [3.63, 3.8) is 0 Å². The van der Waals surface area contributed by atoms with Crippen LogP contribution >= 0.6 is 0 Å². The van der Waals surface area contributed by atoms with Crippen molar-refractivity contribution >= 4 is 5.97 Å². The Labute approximate surface area is 154 Å². The first-order valence-corrected chi connectivity index (χ1v) is 8.98. The van der Waals surface area contributed by atoms with E-state index in [1.165, 1.54) is 11.1 Å². The summed E-state index contributed by atoms with van der Waals surface area (Å²) < 4.78 is 5.46. The number of ether oxygens (including phenoxy) is 1. The monoisotopic (exact) mass is 354 g/mol. The average Bonchev–Trinajstić information content (AvgIpc) is 3.06. The third kappa shape index (κ3) is 4.06. The van der Waals surface area contributed by atoms with E-state index in [1.807, 2.05) is 30.3 Å². The van der Waals surface area contributed by atoms with Crippen LogP contribution in [0.5, 0.6) is 5.75 Å². The molecule has 0 amide bonds. The van der Waals surface area contributed by atoms with Crippen molar-refractivity contribution < 1.29 is 14.6 Å². The summed E-state index contributed by atoms with van der Waals surface area (Å²) in [7, 11) is 1.63. The molecule has 5 heteroatoms. The maximum Gasteiger partial charge on any atom is 0.308 e. The molecule has 0 bridgehead atoms. The highest BCUT2D eigenvalue weighted by atomic mass is 16.5. The predicted molar refractivity (Wildman–Crippen MR) is 101 cm³/mol. The number of hydrogen-bond acceptors (Lipinski definition) is 4. The number of hydrogen-bond donors (Lipinski definition) is 2. The van der Waals surface area contributed by atoms with Crippen LogP contribution in [-0.4, -0.2) is 42.7 Å². The number of aliphatic carboxylic acids is 1. The molecule has 2 aromatic rings. The number of para-hydroxylation sites is 1. The maximum absolute atomic E-state index is 11.8. The van der Waals surface area contributed by atoms with Gasteiger partial charge in [-0.25, -0.2) is 0 Å². The predicted octanol–water partition coefficient (Wildman–Crippen LogP) is 2.50. The fourth-order valence-electron chi connectivity index (χ4n) is 3.86. The summed E-state index contributed by atoms with van der Waals surface area (Å²) in [6.45, 7) is 2.62. The van der Waals surface area contributed by atoms with Gasteiger partial charge in [-0.1, -0.05) is 42.5 Å². The fraction of sp³-hybridized carbons (Fsp3) is 0.381. The number of nitrogens with two attached hydrogens (primary N) is 1. The zero-order chi connectivity index (χ0) is 18.5. The molecular formula is C21H26N2O3. The normalized spacial score (nSPS) is 20.2. The molecule has 0 aromatic heterocycles. The van der Waals surface area contributed by atoms with E-state index in [9.17, 15) is 9.90 Å². The number of benzene rings is 2. The molecule has 1 heterocycles. The van der Waals surface area contributed by atoms with Crippen molar-refractivity contribution in [2.75, 3.05) is 26.7 Å². The zero-order valence-corrected chi connectivity index (χ0v) is 15.1. The van der Waals surface area contributed by atoms with Crippen LogP contribution in [0.25, 0.3) is 0 Å². The smallest absolute Gasteiger partial charge is 0.308 e. The molecule has 5 nitrogen and oxygen atoms in total. The maximum atomic E-state index is 11.8. The molecule has 0 unspecified atom stereocenters. The van der Waals surface area contributed by atoms with Crippen LogP contribution < -0.4 is 10.5 Å². The standard InChI is InChI=1S/C21H26N2O3/c1-26-20-8-3-2-7-17(20)18-13-23(14-19(18)21(24)25)12-16-6-4-5-15(11-16)9-10-22/h2-8,11,18-19H,9-10,12-14,22H2,1H3,(H,24,25)/t18-,19+/m0/s1. The summed E-state index contributed by atoms with van der Waals surface area (Å²) in [6.07, 6.45) is 0.857. The van der Waals surface area contributed by atoms with Crippen LogP contribution in [0.15, 0.2) is 48.5 Å². The molecule has 2 aromatic carbocycles. The highest BCUT2D eigenvalue weighted by molar-refractivity contribution is 5.72. The highest BCUT2D eigenvalue weighted by Gasteiger charge is 2.39. The second-order valence-electron chi connectivity index (χ2n) is 6.85. The SMILES string of the molecule is COc1ccccc1[C@@H]1CN(Cc2cccc(CCN)c2)C[C@H]1C(=O)O. The number of rotatable bonds is 7. The van der Waals surface area contributed by atoms with Gasteiger partial charge in [0.05, 0.1) is 13.0 Å². The summed E-state index contributed by atoms with van der Waals surface area (Å²) in [6, 6.07) is 16.1. The van der Waals surface area contributed by atoms with Crippen molar-refractivity contribution in [3.8, 4) is 5.75 Å². The summed E-state index contributed by atoms with van der Waals surface area (Å²) in [5.74, 6) is -0.495. The second kappa shape index (κ2) is 8.34. The minimum absolute atomic E-state index is 0.0733. The fourth-order valence-corrected chi connectivity index (χ4v) is 3.86. The van der Waals surface area contributed by atoms with Gasteiger partial charge in [-0.15, -0.1) is 0 Å². The molecule has 3 rings (SSSR count). The van der Waals surface area contributed by atoms with Crippen LogP contribution in [0.3, 0.4) is 0 Å². The molecule has 0 aliphatic carbocycles. The quantitative estimate of drug-likeness (QED) is 0.799. The number of carbonyl (C=O) groups is 1. The lowest BCUT2D eigenvalue weighted by atomic mass is 9.88. The van der Waals surface area contributed by atoms with Gasteiger partial charge < -0.3 is 15.6 Å². The minimum Gasteiger partial charge on any atom is -0.496 e. The number of carboxylic acids is 1. The molecule has 138 valence electrons. The van der Waals surface area contributed by atoms with Crippen LogP contribution in [0.4, 0.5) is 0 Å². The Morgan fingerprint density at radius 3 is 2.69 bits per heavy atom. The van der Waals surface area contributed by atoms with E-state index in [1.54, 1.807) is 7.11 Å². The Hall–Kier alpha value is -2.37. The van der Waals surface area contributed by atoms with Crippen LogP contribution in [0, 0.1) is 5.92 Å². The van der Waals surface area contributed by atoms with Crippen molar-refractivity contribution in [2.24, 2.45) is 11.7 Å². The molecule has 0 saturated carbocycles. The Balaban J connectivity index is 1.79. The van der Waals surface area contributed by atoms with Crippen molar-refractivity contribution in [3.05, 3.63) is 65.2 Å². The first-order chi connectivity index (χ1) is 12.6. The van der Waals surface area contributed by atoms with Gasteiger partial charge in [0, 0.05) is 25.6 Å². The molecule has 1 aliphatic heterocycles. The van der Waals surface area contributed by atoms with Gasteiger partial charge in [0.25, 0.3) is 0 Å². The van der Waals surface area contributed by atoms with Gasteiger partial charge in [-0.2, -0.15) is 0 Å². The van der Waals surface area contributed by atoms with Crippen LogP contribution in [0.2, 0.25) is 0 Å². The molecule has 2 atom stereocenters. The highest BCUT2D eigenvalue weighted by Crippen LogP contribution is 2.38. The first-order valence-electron chi connectivity index (χ1n) is 8.98. The average molecular weight is 354 g/mol. The topological polar surface area (TPSA) is 75.8 Å². The second-order valence-corrected chi connectivity index (χ2v) is 6.85. The number of methoxy groups -OCH3 is 1. The van der Waals surface area contributed by atoms with Crippen molar-refractivity contribution in [2.45, 2.75) is 18.9 Å². The van der Waals surface area contributed by atoms with Crippen LogP contribution in [-0.2, 0) is 17.8 Å². The van der Waals surface area contributed by atoms with E-state index in [2.05, 4.69) is 23.1 Å². The van der Waals surface area contributed by atoms with E-state index in [0.717, 1.165) is 24.3 Å². The van der Waals surface area contributed by atoms with Gasteiger partial charge in [0.2, 0.25) is 0 Å². The number of likely N-dealkylation sites (tertiary alicyclic amines) is 1. The van der Waals surface area contributed by atoms with Gasteiger partial charge in [-0.05, 0) is 35.7 Å². The molecule has 1 saturated heterocycles. The molecule has 1 fully saturated rings. The molecule has 0 spiro atoms. The van der Waals surface area contributed by atoms with Crippen LogP contribution in [0.1, 0.15) is 22.6 Å². The summed E-state index contributed by atoms with van der Waals surface area (Å²) in [5.41, 5.74) is 9.04. The molecule has 0 radical (unpaired) electrons. The minimum atomic E-state index is -0.750. The Kier molecular flexibility index (Phi) is 5.91. The zero-order valence-electron chi connectivity index (χ0n) is 15.1. The van der Waals surface area contributed by atoms with Gasteiger partial charge in [0.1, 0.15) is 5.75 Å². The Morgan fingerprint density at radius 1 is 1.19 bits per heavy atom. The number of nitrogens with zero attached hydrogens (tertiary/aromatic N) is 1. The molecular weight excluding hydrogens is 328 g/mol. The summed E-state index contributed by atoms with van der Waals surface area (Å²) in [5, 5.41) is 9.73. The van der Waals surface area contributed by atoms with Gasteiger partial charge in [0.15, 0.2) is 0 Å². The van der Waals surface area contributed by atoms with Crippen molar-refractivity contribution in [1.82, 2.24) is 4.90 Å². The van der Waals surface area contributed by atoms with E-state index >= 15 is 0 Å². The summed E-state index contributed by atoms with van der Waals surface area (Å²) >= 11 is 0. The third-order valence-corrected chi connectivity index (χ3v) is 5.08. The first kappa shape index (κ1) is 18.4. The summed E-state index contributed by atoms with van der Waals surface area (Å²) in [4.78, 5) is 14.1. The van der Waals surface area contributed by atoms with E-state index in [-0.39, 0.29) is 5.92 Å².